The molecule has 0 spiro atoms. The highest BCUT2D eigenvalue weighted by atomic mass is 35.5. The molecule has 1 aromatic rings. The van der Waals surface area contributed by atoms with E-state index in [4.69, 9.17) is 0 Å². The summed E-state index contributed by atoms with van der Waals surface area (Å²) in [6.45, 7) is 5.96. The molecule has 1 aliphatic heterocycles. The molecule has 2 rings (SSSR count). The van der Waals surface area contributed by atoms with E-state index < -0.39 is 0 Å². The van der Waals surface area contributed by atoms with Gasteiger partial charge >= 0.3 is 0 Å². The number of hydrogen-bond donors (Lipinski definition) is 1. The highest BCUT2D eigenvalue weighted by Crippen LogP contribution is 2.25. The number of benzene rings is 1. The van der Waals surface area contributed by atoms with Crippen molar-refractivity contribution in [2.75, 3.05) is 32.9 Å². The van der Waals surface area contributed by atoms with Gasteiger partial charge in [0.15, 0.2) is 0 Å². The van der Waals surface area contributed by atoms with Crippen LogP contribution in [0.2, 0.25) is 0 Å². The highest BCUT2D eigenvalue weighted by molar-refractivity contribution is 5.85. The zero-order chi connectivity index (χ0) is 12.8. The van der Waals surface area contributed by atoms with Crippen LogP contribution in [0.3, 0.4) is 0 Å². The summed E-state index contributed by atoms with van der Waals surface area (Å²) in [7, 11) is 0. The maximum absolute atomic E-state index is 12.8. The van der Waals surface area contributed by atoms with E-state index in [2.05, 4.69) is 41.4 Å². The Bertz CT molecular complexity index is 350. The number of aryl methyl sites for hydroxylation is 1. The fourth-order valence-corrected chi connectivity index (χ4v) is 2.63. The van der Waals surface area contributed by atoms with Crippen LogP contribution in [0.5, 0.6) is 0 Å². The lowest BCUT2D eigenvalue weighted by Crippen LogP contribution is -2.45. The van der Waals surface area contributed by atoms with Crippen LogP contribution < -0.4 is 5.32 Å². The minimum absolute atomic E-state index is 0. The SMILES string of the molecule is CCc1ccc([C@H](CCF)N2CCNCC2)cc1.Cl. The first kappa shape index (κ1) is 16.4. The predicted molar refractivity (Wildman–Crippen MR) is 80.8 cm³/mol. The number of nitrogens with one attached hydrogen (secondary N) is 1. The van der Waals surface area contributed by atoms with E-state index in [1.165, 1.54) is 11.1 Å². The molecular formula is C15H24ClFN2. The number of nitrogens with zero attached hydrogens (tertiary/aromatic N) is 1. The summed E-state index contributed by atoms with van der Waals surface area (Å²) >= 11 is 0. The highest BCUT2D eigenvalue weighted by Gasteiger charge is 2.21. The number of halogens is 2. The molecule has 108 valence electrons. The summed E-state index contributed by atoms with van der Waals surface area (Å²) in [4.78, 5) is 2.40. The van der Waals surface area contributed by atoms with E-state index in [0.717, 1.165) is 32.6 Å². The lowest BCUT2D eigenvalue weighted by atomic mass is 9.99. The molecule has 0 amide bonds. The number of rotatable bonds is 5. The Labute approximate surface area is 121 Å². The van der Waals surface area contributed by atoms with Crippen LogP contribution in [0.1, 0.15) is 30.5 Å². The first-order valence-corrected chi connectivity index (χ1v) is 6.94. The van der Waals surface area contributed by atoms with E-state index in [9.17, 15) is 4.39 Å². The van der Waals surface area contributed by atoms with Gasteiger partial charge < -0.3 is 5.32 Å². The summed E-state index contributed by atoms with van der Waals surface area (Å²) in [6, 6.07) is 8.91. The fourth-order valence-electron chi connectivity index (χ4n) is 2.63. The van der Waals surface area contributed by atoms with Gasteiger partial charge in [-0.3, -0.25) is 9.29 Å². The molecule has 0 aromatic heterocycles. The van der Waals surface area contributed by atoms with Crippen LogP contribution in [0.25, 0.3) is 0 Å². The van der Waals surface area contributed by atoms with Crippen molar-refractivity contribution in [1.82, 2.24) is 10.2 Å². The minimum Gasteiger partial charge on any atom is -0.314 e. The van der Waals surface area contributed by atoms with Crippen molar-refractivity contribution in [3.63, 3.8) is 0 Å². The summed E-state index contributed by atoms with van der Waals surface area (Å²) in [5.74, 6) is 0. The Morgan fingerprint density at radius 2 is 1.84 bits per heavy atom. The molecule has 0 aliphatic carbocycles. The molecule has 1 atom stereocenters. The second-order valence-corrected chi connectivity index (χ2v) is 4.87. The van der Waals surface area contributed by atoms with Crippen molar-refractivity contribution < 1.29 is 4.39 Å². The van der Waals surface area contributed by atoms with Gasteiger partial charge in [-0.25, -0.2) is 0 Å². The quantitative estimate of drug-likeness (QED) is 0.895. The van der Waals surface area contributed by atoms with Crippen molar-refractivity contribution in [3.05, 3.63) is 35.4 Å². The van der Waals surface area contributed by atoms with Crippen LogP contribution in [-0.4, -0.2) is 37.8 Å². The van der Waals surface area contributed by atoms with Gasteiger partial charge in [0.05, 0.1) is 6.67 Å². The third kappa shape index (κ3) is 4.44. The topological polar surface area (TPSA) is 15.3 Å². The molecule has 0 unspecified atom stereocenters. The van der Waals surface area contributed by atoms with Gasteiger partial charge in [-0.1, -0.05) is 31.2 Å². The molecule has 1 N–H and O–H groups in total. The van der Waals surface area contributed by atoms with Gasteiger partial charge in [0.1, 0.15) is 0 Å². The Morgan fingerprint density at radius 3 is 2.37 bits per heavy atom. The monoisotopic (exact) mass is 286 g/mol. The first-order chi connectivity index (χ1) is 8.85. The molecule has 0 bridgehead atoms. The Morgan fingerprint density at radius 1 is 1.21 bits per heavy atom. The van der Waals surface area contributed by atoms with Crippen molar-refractivity contribution in [2.45, 2.75) is 25.8 Å². The molecule has 1 aromatic carbocycles. The van der Waals surface area contributed by atoms with Crippen LogP contribution in [0, 0.1) is 0 Å². The first-order valence-electron chi connectivity index (χ1n) is 6.94. The lowest BCUT2D eigenvalue weighted by molar-refractivity contribution is 0.157. The third-order valence-corrected chi connectivity index (χ3v) is 3.75. The molecule has 0 saturated carbocycles. The fraction of sp³-hybridized carbons (Fsp3) is 0.600. The van der Waals surface area contributed by atoms with Crippen molar-refractivity contribution >= 4 is 12.4 Å². The third-order valence-electron chi connectivity index (χ3n) is 3.75. The number of hydrogen-bond acceptors (Lipinski definition) is 2. The molecular weight excluding hydrogens is 263 g/mol. The van der Waals surface area contributed by atoms with Gasteiger partial charge in [-0.15, -0.1) is 12.4 Å². The Balaban J connectivity index is 0.00000180. The van der Waals surface area contributed by atoms with Crippen molar-refractivity contribution in [2.24, 2.45) is 0 Å². The average molecular weight is 287 g/mol. The van der Waals surface area contributed by atoms with Gasteiger partial charge in [-0.2, -0.15) is 0 Å². The molecule has 1 fully saturated rings. The molecule has 2 nitrogen and oxygen atoms in total. The van der Waals surface area contributed by atoms with E-state index in [1.807, 2.05) is 0 Å². The van der Waals surface area contributed by atoms with Crippen LogP contribution in [-0.2, 0) is 6.42 Å². The molecule has 4 heteroatoms. The minimum atomic E-state index is -0.246. The summed E-state index contributed by atoms with van der Waals surface area (Å²) in [6.07, 6.45) is 1.66. The Hall–Kier alpha value is -0.640. The molecule has 1 saturated heterocycles. The number of piperazine rings is 1. The van der Waals surface area contributed by atoms with Gasteiger partial charge in [-0.05, 0) is 24.0 Å². The molecule has 1 heterocycles. The number of alkyl halides is 1. The van der Waals surface area contributed by atoms with Crippen LogP contribution >= 0.6 is 12.4 Å². The van der Waals surface area contributed by atoms with Gasteiger partial charge in [0.25, 0.3) is 0 Å². The summed E-state index contributed by atoms with van der Waals surface area (Å²) in [5.41, 5.74) is 2.60. The van der Waals surface area contributed by atoms with E-state index in [0.29, 0.717) is 6.42 Å². The van der Waals surface area contributed by atoms with Crippen LogP contribution in [0.4, 0.5) is 4.39 Å². The second-order valence-electron chi connectivity index (χ2n) is 4.87. The predicted octanol–water partition coefficient (Wildman–Crippen LogP) is 2.98. The normalized spacial score (nSPS) is 17.8. The van der Waals surface area contributed by atoms with Crippen molar-refractivity contribution in [3.8, 4) is 0 Å². The van der Waals surface area contributed by atoms with E-state index in [1.54, 1.807) is 0 Å². The lowest BCUT2D eigenvalue weighted by Gasteiger charge is -2.35. The smallest absolute Gasteiger partial charge is 0.0912 e. The molecule has 19 heavy (non-hydrogen) atoms. The molecule has 0 radical (unpaired) electrons. The summed E-state index contributed by atoms with van der Waals surface area (Å²) < 4.78 is 12.8. The largest absolute Gasteiger partial charge is 0.314 e. The average Bonchev–Trinajstić information content (AvgIpc) is 2.46. The van der Waals surface area contributed by atoms with E-state index in [-0.39, 0.29) is 25.1 Å². The maximum atomic E-state index is 12.8. The van der Waals surface area contributed by atoms with E-state index >= 15 is 0 Å². The standard InChI is InChI=1S/C15H23FN2.ClH/c1-2-13-3-5-14(6-4-13)15(7-8-16)18-11-9-17-10-12-18;/h3-6,15,17H,2,7-12H2,1H3;1H/t15-;/m0./s1. The molecule has 1 aliphatic rings. The van der Waals surface area contributed by atoms with Crippen LogP contribution in [0.15, 0.2) is 24.3 Å². The van der Waals surface area contributed by atoms with Gasteiger partial charge in [0.2, 0.25) is 0 Å². The summed E-state index contributed by atoms with van der Waals surface area (Å²) in [5, 5.41) is 3.35. The Kier molecular flexibility index (Phi) is 7.36. The zero-order valence-electron chi connectivity index (χ0n) is 11.6. The van der Waals surface area contributed by atoms with Crippen molar-refractivity contribution in [1.29, 1.82) is 0 Å². The zero-order valence-corrected chi connectivity index (χ0v) is 12.4. The van der Waals surface area contributed by atoms with Gasteiger partial charge in [0, 0.05) is 32.2 Å². The maximum Gasteiger partial charge on any atom is 0.0912 e. The second kappa shape index (κ2) is 8.51.